The van der Waals surface area contributed by atoms with Gasteiger partial charge in [0, 0.05) is 5.41 Å². The summed E-state index contributed by atoms with van der Waals surface area (Å²) in [4.78, 5) is 0. The number of rotatable bonds is 2. The van der Waals surface area contributed by atoms with Crippen LogP contribution in [0.15, 0.2) is 0 Å². The summed E-state index contributed by atoms with van der Waals surface area (Å²) >= 11 is 0. The number of fused-ring (bicyclic) bond motifs is 4. The van der Waals surface area contributed by atoms with Crippen LogP contribution < -0.4 is 0 Å². The Morgan fingerprint density at radius 1 is 0.914 bits per heavy atom. The molecule has 0 bridgehead atoms. The van der Waals surface area contributed by atoms with Crippen molar-refractivity contribution in [3.05, 3.63) is 0 Å². The fourth-order valence-electron chi connectivity index (χ4n) is 12.0. The molecule has 0 radical (unpaired) electrons. The molecule has 4 N–H and O–H groups in total. The zero-order valence-corrected chi connectivity index (χ0v) is 23.1. The van der Waals surface area contributed by atoms with Gasteiger partial charge in [0.25, 0.3) is 0 Å². The number of aliphatic hydroxyl groups excluding tert-OH is 3. The lowest BCUT2D eigenvalue weighted by Crippen LogP contribution is -2.59. The van der Waals surface area contributed by atoms with E-state index in [-0.39, 0.29) is 34.4 Å². The molecular formula is C30H50O5. The molecule has 0 aromatic carbocycles. The van der Waals surface area contributed by atoms with Crippen LogP contribution in [0.5, 0.6) is 0 Å². The third kappa shape index (κ3) is 2.73. The van der Waals surface area contributed by atoms with E-state index in [2.05, 4.69) is 34.6 Å². The van der Waals surface area contributed by atoms with Crippen LogP contribution in [0.3, 0.4) is 0 Å². The zero-order valence-electron chi connectivity index (χ0n) is 23.1. The second-order valence-electron chi connectivity index (χ2n) is 15.7. The van der Waals surface area contributed by atoms with Crippen molar-refractivity contribution in [2.75, 3.05) is 0 Å². The van der Waals surface area contributed by atoms with Crippen LogP contribution >= 0.6 is 0 Å². The molecule has 5 aliphatic carbocycles. The number of hydrogen-bond acceptors (Lipinski definition) is 5. The van der Waals surface area contributed by atoms with Gasteiger partial charge in [0.15, 0.2) is 0 Å². The van der Waals surface area contributed by atoms with Crippen molar-refractivity contribution >= 4 is 0 Å². The molecule has 35 heavy (non-hydrogen) atoms. The highest BCUT2D eigenvalue weighted by atomic mass is 16.5. The molecule has 0 aromatic rings. The maximum atomic E-state index is 12.2. The summed E-state index contributed by atoms with van der Waals surface area (Å²) in [5.74, 6) is 1.64. The van der Waals surface area contributed by atoms with Crippen LogP contribution in [0.4, 0.5) is 0 Å². The average Bonchev–Trinajstić information content (AvgIpc) is 3.40. The molecule has 0 amide bonds. The van der Waals surface area contributed by atoms with Crippen LogP contribution in [0.25, 0.3) is 0 Å². The Morgan fingerprint density at radius 3 is 2.20 bits per heavy atom. The standard InChI is InChI=1S/C30H50O5/c1-16-14-17(23(32)26(4,5)34)35-22-21(16)27(6)12-13-30-15-29(30)11-10-20(31)25(2,3)18(29)8-9-19(30)28(27,7)24(22)33/h16-24,31-34H,8-15H2,1-7H3/t16-,17-,18+,19+,20+,21+,22-,23+,24+,27-,28-,29-,30?/m1/s1. The van der Waals surface area contributed by atoms with E-state index in [9.17, 15) is 20.4 Å². The molecule has 5 heteroatoms. The monoisotopic (exact) mass is 490 g/mol. The second kappa shape index (κ2) is 7.05. The zero-order chi connectivity index (χ0) is 25.6. The van der Waals surface area contributed by atoms with Crippen molar-refractivity contribution in [3.8, 4) is 0 Å². The molecule has 1 aliphatic heterocycles. The van der Waals surface area contributed by atoms with Crippen molar-refractivity contribution in [2.24, 2.45) is 50.7 Å². The summed E-state index contributed by atoms with van der Waals surface area (Å²) in [6.07, 6.45) is 6.23. The van der Waals surface area contributed by atoms with Crippen molar-refractivity contribution in [3.63, 3.8) is 0 Å². The van der Waals surface area contributed by atoms with Crippen LogP contribution in [0.1, 0.15) is 99.8 Å². The van der Waals surface area contributed by atoms with Gasteiger partial charge < -0.3 is 25.2 Å². The Balaban J connectivity index is 1.36. The van der Waals surface area contributed by atoms with Crippen molar-refractivity contribution in [2.45, 2.75) is 136 Å². The minimum atomic E-state index is -1.23. The van der Waals surface area contributed by atoms with E-state index in [1.165, 1.54) is 12.8 Å². The smallest absolute Gasteiger partial charge is 0.108 e. The molecule has 2 spiro atoms. The maximum Gasteiger partial charge on any atom is 0.108 e. The van der Waals surface area contributed by atoms with Crippen molar-refractivity contribution < 1.29 is 25.2 Å². The van der Waals surface area contributed by atoms with E-state index in [1.807, 2.05) is 0 Å². The Hall–Kier alpha value is -0.200. The van der Waals surface area contributed by atoms with Crippen LogP contribution in [0, 0.1) is 50.7 Å². The van der Waals surface area contributed by atoms with Gasteiger partial charge >= 0.3 is 0 Å². The molecular weight excluding hydrogens is 440 g/mol. The molecule has 6 aliphatic rings. The van der Waals surface area contributed by atoms with Crippen LogP contribution in [-0.4, -0.2) is 56.5 Å². The summed E-state index contributed by atoms with van der Waals surface area (Å²) in [5, 5.41) is 44.4. The molecule has 6 fully saturated rings. The largest absolute Gasteiger partial charge is 0.393 e. The Labute approximate surface area is 212 Å². The first-order valence-corrected chi connectivity index (χ1v) is 14.5. The van der Waals surface area contributed by atoms with Gasteiger partial charge in [0.1, 0.15) is 6.10 Å². The van der Waals surface area contributed by atoms with Gasteiger partial charge in [-0.2, -0.15) is 0 Å². The van der Waals surface area contributed by atoms with E-state index in [0.29, 0.717) is 28.6 Å². The third-order valence-corrected chi connectivity index (χ3v) is 13.9. The van der Waals surface area contributed by atoms with Gasteiger partial charge in [-0.3, -0.25) is 0 Å². The highest BCUT2D eigenvalue weighted by molar-refractivity contribution is 5.32. The topological polar surface area (TPSA) is 90.2 Å². The molecule has 1 unspecified atom stereocenters. The molecule has 13 atom stereocenters. The van der Waals surface area contributed by atoms with Crippen LogP contribution in [0.2, 0.25) is 0 Å². The number of aliphatic hydroxyl groups is 4. The summed E-state index contributed by atoms with van der Waals surface area (Å²) in [6, 6.07) is 0. The summed E-state index contributed by atoms with van der Waals surface area (Å²) < 4.78 is 6.59. The minimum Gasteiger partial charge on any atom is -0.393 e. The first kappa shape index (κ1) is 25.1. The van der Waals surface area contributed by atoms with Gasteiger partial charge in [-0.15, -0.1) is 0 Å². The van der Waals surface area contributed by atoms with E-state index < -0.39 is 23.9 Å². The first-order chi connectivity index (χ1) is 16.1. The van der Waals surface area contributed by atoms with Crippen LogP contribution in [-0.2, 0) is 4.74 Å². The number of hydrogen-bond donors (Lipinski definition) is 4. The van der Waals surface area contributed by atoms with E-state index >= 15 is 0 Å². The Kier molecular flexibility index (Phi) is 5.06. The highest BCUT2D eigenvalue weighted by Gasteiger charge is 2.84. The minimum absolute atomic E-state index is 0.00259. The van der Waals surface area contributed by atoms with Crippen molar-refractivity contribution in [1.29, 1.82) is 0 Å². The number of ether oxygens (including phenoxy) is 1. The molecule has 1 saturated heterocycles. The second-order valence-corrected chi connectivity index (χ2v) is 15.7. The van der Waals surface area contributed by atoms with E-state index in [4.69, 9.17) is 4.74 Å². The lowest BCUT2D eigenvalue weighted by molar-refractivity contribution is -0.202. The normalized spacial score (nSPS) is 59.4. The summed E-state index contributed by atoms with van der Waals surface area (Å²) in [6.45, 7) is 15.0. The van der Waals surface area contributed by atoms with Gasteiger partial charge in [0.2, 0.25) is 0 Å². The van der Waals surface area contributed by atoms with E-state index in [0.717, 1.165) is 38.5 Å². The first-order valence-electron chi connectivity index (χ1n) is 14.5. The third-order valence-electron chi connectivity index (χ3n) is 13.9. The average molecular weight is 491 g/mol. The molecule has 6 rings (SSSR count). The molecule has 200 valence electrons. The molecule has 0 aromatic heterocycles. The summed E-state index contributed by atoms with van der Waals surface area (Å²) in [5.41, 5.74) is -0.860. The molecule has 1 heterocycles. The fourth-order valence-corrected chi connectivity index (χ4v) is 12.0. The van der Waals surface area contributed by atoms with Gasteiger partial charge in [-0.1, -0.05) is 34.6 Å². The SMILES string of the molecule is C[C@@H]1C[C@H]([C@H](O)C(C)(C)O)O[C@@H]2[C@H]1[C@@]1(C)CCC34C[C@@]35CC[C@H](O)C(C)(C)[C@@H]5CC[C@H]4[C@]1(C)[C@H]2O. The lowest BCUT2D eigenvalue weighted by Gasteiger charge is -2.63. The molecule has 5 saturated carbocycles. The van der Waals surface area contributed by atoms with Crippen molar-refractivity contribution in [1.82, 2.24) is 0 Å². The predicted molar refractivity (Wildman–Crippen MR) is 134 cm³/mol. The molecule has 5 nitrogen and oxygen atoms in total. The maximum absolute atomic E-state index is 12.2. The quantitative estimate of drug-likeness (QED) is 0.464. The summed E-state index contributed by atoms with van der Waals surface area (Å²) in [7, 11) is 0. The highest BCUT2D eigenvalue weighted by Crippen LogP contribution is 2.89. The lowest BCUT2D eigenvalue weighted by atomic mass is 9.41. The Bertz CT molecular complexity index is 896. The fraction of sp³-hybridized carbons (Fsp3) is 1.00. The predicted octanol–water partition coefficient (Wildman–Crippen LogP) is 4.29. The Morgan fingerprint density at radius 2 is 1.54 bits per heavy atom. The van der Waals surface area contributed by atoms with Gasteiger partial charge in [-0.05, 0) is 111 Å². The van der Waals surface area contributed by atoms with Gasteiger partial charge in [0.05, 0.1) is 30.0 Å². The van der Waals surface area contributed by atoms with E-state index in [1.54, 1.807) is 13.8 Å². The van der Waals surface area contributed by atoms with Gasteiger partial charge in [-0.25, -0.2) is 0 Å².